The summed E-state index contributed by atoms with van der Waals surface area (Å²) in [5.41, 5.74) is 2.86. The van der Waals surface area contributed by atoms with E-state index in [1.165, 1.54) is 0 Å². The molecule has 104 valence electrons. The van der Waals surface area contributed by atoms with E-state index in [0.717, 1.165) is 25.5 Å². The van der Waals surface area contributed by atoms with Crippen molar-refractivity contribution in [2.45, 2.75) is 52.7 Å². The molecule has 0 aliphatic rings. The predicted octanol–water partition coefficient (Wildman–Crippen LogP) is 1.53. The van der Waals surface area contributed by atoms with Crippen LogP contribution in [0.3, 0.4) is 0 Å². The lowest BCUT2D eigenvalue weighted by Gasteiger charge is -2.42. The number of imidazole rings is 1. The molecular formula is C13H27N5. The second kappa shape index (κ2) is 6.31. The zero-order valence-corrected chi connectivity index (χ0v) is 12.3. The summed E-state index contributed by atoms with van der Waals surface area (Å²) < 4.78 is 2.13. The molecule has 18 heavy (non-hydrogen) atoms. The van der Waals surface area contributed by atoms with E-state index < -0.39 is 0 Å². The molecule has 0 radical (unpaired) electrons. The van der Waals surface area contributed by atoms with Gasteiger partial charge in [0, 0.05) is 24.5 Å². The van der Waals surface area contributed by atoms with E-state index >= 15 is 0 Å². The minimum Gasteiger partial charge on any atom is -0.334 e. The molecule has 1 atom stereocenters. The van der Waals surface area contributed by atoms with E-state index in [9.17, 15) is 0 Å². The average molecular weight is 253 g/mol. The molecule has 0 saturated carbocycles. The quantitative estimate of drug-likeness (QED) is 0.571. The summed E-state index contributed by atoms with van der Waals surface area (Å²) in [5, 5.41) is 0. The zero-order chi connectivity index (χ0) is 13.8. The number of nitrogens with zero attached hydrogens (tertiary/aromatic N) is 3. The summed E-state index contributed by atoms with van der Waals surface area (Å²) in [6.07, 6.45) is 3.83. The van der Waals surface area contributed by atoms with Crippen LogP contribution in [-0.4, -0.2) is 33.1 Å². The Labute approximate surface area is 110 Å². The third-order valence-electron chi connectivity index (χ3n) is 3.80. The Kier molecular flexibility index (Phi) is 5.31. The van der Waals surface area contributed by atoms with Crippen LogP contribution in [0.25, 0.3) is 0 Å². The number of rotatable bonds is 7. The first-order valence-corrected chi connectivity index (χ1v) is 6.75. The van der Waals surface area contributed by atoms with E-state index in [1.54, 1.807) is 0 Å². The van der Waals surface area contributed by atoms with Crippen LogP contribution in [0.15, 0.2) is 12.4 Å². The molecule has 0 aliphatic carbocycles. The zero-order valence-electron chi connectivity index (χ0n) is 12.3. The fraction of sp³-hybridized carbons (Fsp3) is 0.769. The third-order valence-corrected chi connectivity index (χ3v) is 3.80. The number of nitrogens with two attached hydrogens (primary N) is 1. The van der Waals surface area contributed by atoms with Crippen molar-refractivity contribution in [3.8, 4) is 0 Å². The van der Waals surface area contributed by atoms with Gasteiger partial charge in [-0.2, -0.15) is 0 Å². The lowest BCUT2D eigenvalue weighted by Crippen LogP contribution is -2.54. The highest BCUT2D eigenvalue weighted by atomic mass is 15.3. The highest BCUT2D eigenvalue weighted by molar-refractivity contribution is 5.08. The summed E-state index contributed by atoms with van der Waals surface area (Å²) in [7, 11) is 0. The Morgan fingerprint density at radius 2 is 2.00 bits per heavy atom. The molecule has 0 aliphatic heterocycles. The summed E-state index contributed by atoms with van der Waals surface area (Å²) in [6, 6.07) is 0.00681. The molecule has 1 heterocycles. The van der Waals surface area contributed by atoms with Gasteiger partial charge in [0.05, 0.1) is 6.04 Å². The van der Waals surface area contributed by atoms with Gasteiger partial charge in [-0.1, -0.05) is 13.8 Å². The molecule has 0 bridgehead atoms. The highest BCUT2D eigenvalue weighted by Gasteiger charge is 2.36. The molecular weight excluding hydrogens is 226 g/mol. The highest BCUT2D eigenvalue weighted by Crippen LogP contribution is 2.29. The summed E-state index contributed by atoms with van der Waals surface area (Å²) in [4.78, 5) is 6.86. The fourth-order valence-corrected chi connectivity index (χ4v) is 2.66. The molecule has 1 rings (SSSR count). The minimum atomic E-state index is -0.0868. The van der Waals surface area contributed by atoms with Gasteiger partial charge in [-0.15, -0.1) is 0 Å². The van der Waals surface area contributed by atoms with E-state index in [0.29, 0.717) is 0 Å². The smallest absolute Gasteiger partial charge is 0.129 e. The van der Waals surface area contributed by atoms with Gasteiger partial charge in [-0.05, 0) is 33.9 Å². The number of aromatic nitrogens is 2. The van der Waals surface area contributed by atoms with Crippen LogP contribution < -0.4 is 11.3 Å². The first-order chi connectivity index (χ1) is 8.52. The SMILES string of the molecule is CCN(CC)C(C)(C)C(NN)c1nccn1CC. The van der Waals surface area contributed by atoms with Crippen LogP contribution in [-0.2, 0) is 6.54 Å². The Morgan fingerprint density at radius 1 is 1.39 bits per heavy atom. The van der Waals surface area contributed by atoms with Crippen LogP contribution >= 0.6 is 0 Å². The lowest BCUT2D eigenvalue weighted by molar-refractivity contribution is 0.0863. The van der Waals surface area contributed by atoms with Gasteiger partial charge in [0.2, 0.25) is 0 Å². The average Bonchev–Trinajstić information content (AvgIpc) is 2.79. The largest absolute Gasteiger partial charge is 0.334 e. The number of hydrogen-bond acceptors (Lipinski definition) is 4. The molecule has 0 saturated heterocycles. The van der Waals surface area contributed by atoms with Crippen molar-refractivity contribution in [3.05, 3.63) is 18.2 Å². The maximum atomic E-state index is 5.79. The molecule has 0 fully saturated rings. The molecule has 1 unspecified atom stereocenters. The van der Waals surface area contributed by atoms with Crippen LogP contribution in [0.4, 0.5) is 0 Å². The van der Waals surface area contributed by atoms with Gasteiger partial charge in [0.1, 0.15) is 5.82 Å². The van der Waals surface area contributed by atoms with Crippen molar-refractivity contribution in [2.75, 3.05) is 13.1 Å². The second-order valence-electron chi connectivity index (χ2n) is 5.00. The minimum absolute atomic E-state index is 0.00681. The standard InChI is InChI=1S/C13H27N5/c1-6-17-10-9-15-12(17)11(16-14)13(4,5)18(7-2)8-3/h9-11,16H,6-8,14H2,1-5H3. The van der Waals surface area contributed by atoms with Gasteiger partial charge >= 0.3 is 0 Å². The predicted molar refractivity (Wildman–Crippen MR) is 75.0 cm³/mol. The van der Waals surface area contributed by atoms with Gasteiger partial charge in [-0.25, -0.2) is 10.4 Å². The molecule has 3 N–H and O–H groups in total. The van der Waals surface area contributed by atoms with Crippen molar-refractivity contribution >= 4 is 0 Å². The fourth-order valence-electron chi connectivity index (χ4n) is 2.66. The number of aryl methyl sites for hydroxylation is 1. The Hall–Kier alpha value is -0.910. The van der Waals surface area contributed by atoms with Gasteiger partial charge in [-0.3, -0.25) is 10.7 Å². The summed E-state index contributed by atoms with van der Waals surface area (Å²) in [5.74, 6) is 6.79. The summed E-state index contributed by atoms with van der Waals surface area (Å²) in [6.45, 7) is 13.8. The van der Waals surface area contributed by atoms with Crippen LogP contribution in [0.5, 0.6) is 0 Å². The van der Waals surface area contributed by atoms with Crippen molar-refractivity contribution < 1.29 is 0 Å². The summed E-state index contributed by atoms with van der Waals surface area (Å²) >= 11 is 0. The van der Waals surface area contributed by atoms with Gasteiger partial charge in [0.15, 0.2) is 0 Å². The number of likely N-dealkylation sites (N-methyl/N-ethyl adjacent to an activating group) is 1. The Bertz CT molecular complexity index is 354. The number of nitrogens with one attached hydrogen (secondary N) is 1. The molecule has 1 aromatic heterocycles. The monoisotopic (exact) mass is 253 g/mol. The van der Waals surface area contributed by atoms with Crippen molar-refractivity contribution in [1.29, 1.82) is 0 Å². The normalized spacial score (nSPS) is 14.2. The van der Waals surface area contributed by atoms with E-state index in [-0.39, 0.29) is 11.6 Å². The van der Waals surface area contributed by atoms with Crippen molar-refractivity contribution in [3.63, 3.8) is 0 Å². The molecule has 0 amide bonds. The van der Waals surface area contributed by atoms with Crippen molar-refractivity contribution in [1.82, 2.24) is 19.9 Å². The molecule has 0 aromatic carbocycles. The van der Waals surface area contributed by atoms with E-state index in [1.807, 2.05) is 12.4 Å². The number of hydrogen-bond donors (Lipinski definition) is 2. The maximum Gasteiger partial charge on any atom is 0.129 e. The first-order valence-electron chi connectivity index (χ1n) is 6.75. The Morgan fingerprint density at radius 3 is 2.44 bits per heavy atom. The second-order valence-corrected chi connectivity index (χ2v) is 5.00. The molecule has 1 aromatic rings. The van der Waals surface area contributed by atoms with Crippen LogP contribution in [0.2, 0.25) is 0 Å². The maximum absolute atomic E-state index is 5.79. The van der Waals surface area contributed by atoms with Crippen LogP contribution in [0, 0.1) is 0 Å². The Balaban J connectivity index is 3.09. The lowest BCUT2D eigenvalue weighted by atomic mass is 9.91. The first kappa shape index (κ1) is 15.1. The van der Waals surface area contributed by atoms with E-state index in [4.69, 9.17) is 5.84 Å². The van der Waals surface area contributed by atoms with Gasteiger partial charge in [0.25, 0.3) is 0 Å². The number of hydrazine groups is 1. The van der Waals surface area contributed by atoms with Gasteiger partial charge < -0.3 is 4.57 Å². The molecule has 5 nitrogen and oxygen atoms in total. The van der Waals surface area contributed by atoms with E-state index in [2.05, 4.69) is 54.5 Å². The molecule has 5 heteroatoms. The van der Waals surface area contributed by atoms with Crippen LogP contribution in [0.1, 0.15) is 46.5 Å². The molecule has 0 spiro atoms. The topological polar surface area (TPSA) is 59.1 Å². The van der Waals surface area contributed by atoms with Crippen molar-refractivity contribution in [2.24, 2.45) is 5.84 Å². The third kappa shape index (κ3) is 2.74.